The van der Waals surface area contributed by atoms with E-state index < -0.39 is 5.54 Å². The van der Waals surface area contributed by atoms with Gasteiger partial charge < -0.3 is 4.90 Å². The standard InChI is InChI=1S/C31H32FN5O2/c1-30(10-11-30)28(38)36-14-9-20(17-36)18-37-27(34-31(12-13-31)29(37)39)25-8-7-23(15-26(25)32)21-3-5-22(6-4-21)24-16-33-35(2)19-24/h3-8,15-16,19-20H,9-14,17-18H2,1-2H3. The molecule has 2 amide bonds. The molecule has 4 aliphatic rings. The summed E-state index contributed by atoms with van der Waals surface area (Å²) in [6.07, 6.45) is 7.97. The van der Waals surface area contributed by atoms with Gasteiger partial charge in [0, 0.05) is 43.9 Å². The fourth-order valence-corrected chi connectivity index (χ4v) is 5.99. The zero-order chi connectivity index (χ0) is 26.9. The van der Waals surface area contributed by atoms with Crippen LogP contribution in [-0.2, 0) is 16.6 Å². The topological polar surface area (TPSA) is 70.8 Å². The molecule has 2 aliphatic carbocycles. The van der Waals surface area contributed by atoms with Crippen LogP contribution < -0.4 is 0 Å². The molecule has 3 fully saturated rings. The van der Waals surface area contributed by atoms with Crippen LogP contribution in [0.15, 0.2) is 59.9 Å². The van der Waals surface area contributed by atoms with Crippen molar-refractivity contribution in [1.82, 2.24) is 19.6 Å². The third-order valence-electron chi connectivity index (χ3n) is 8.94. The zero-order valence-electron chi connectivity index (χ0n) is 22.4. The van der Waals surface area contributed by atoms with Crippen LogP contribution in [0.2, 0.25) is 0 Å². The molecule has 2 aromatic carbocycles. The van der Waals surface area contributed by atoms with Crippen LogP contribution in [0.3, 0.4) is 0 Å². The Bertz CT molecular complexity index is 1520. The van der Waals surface area contributed by atoms with Crippen molar-refractivity contribution in [2.75, 3.05) is 19.6 Å². The van der Waals surface area contributed by atoms with Crippen molar-refractivity contribution in [1.29, 1.82) is 0 Å². The monoisotopic (exact) mass is 525 g/mol. The maximum atomic E-state index is 15.6. The molecule has 7 rings (SSSR count). The van der Waals surface area contributed by atoms with Gasteiger partial charge in [-0.25, -0.2) is 4.39 Å². The average molecular weight is 526 g/mol. The van der Waals surface area contributed by atoms with Crippen molar-refractivity contribution in [3.63, 3.8) is 0 Å². The minimum Gasteiger partial charge on any atom is -0.342 e. The number of carbonyl (C=O) groups excluding carboxylic acids is 2. The minimum absolute atomic E-state index is 0.0223. The molecule has 7 nitrogen and oxygen atoms in total. The van der Waals surface area contributed by atoms with E-state index in [-0.39, 0.29) is 29.0 Å². The Morgan fingerprint density at radius 2 is 1.72 bits per heavy atom. The molecule has 2 saturated carbocycles. The smallest absolute Gasteiger partial charge is 0.256 e. The molecule has 1 aromatic heterocycles. The van der Waals surface area contributed by atoms with Crippen molar-refractivity contribution < 1.29 is 14.0 Å². The number of amides is 2. The highest BCUT2D eigenvalue weighted by molar-refractivity contribution is 6.16. The first-order valence-corrected chi connectivity index (χ1v) is 13.9. The third kappa shape index (κ3) is 4.17. The molecule has 0 bridgehead atoms. The lowest BCUT2D eigenvalue weighted by Crippen LogP contribution is -2.41. The number of aliphatic imine (C=N–C) groups is 1. The predicted molar refractivity (Wildman–Crippen MR) is 146 cm³/mol. The molecule has 0 radical (unpaired) electrons. The molecule has 1 saturated heterocycles. The van der Waals surface area contributed by atoms with Crippen molar-refractivity contribution >= 4 is 17.6 Å². The van der Waals surface area contributed by atoms with E-state index in [1.54, 1.807) is 15.6 Å². The maximum Gasteiger partial charge on any atom is 0.256 e. The van der Waals surface area contributed by atoms with Crippen LogP contribution in [0.5, 0.6) is 0 Å². The van der Waals surface area contributed by atoms with Gasteiger partial charge >= 0.3 is 0 Å². The Morgan fingerprint density at radius 1 is 1.03 bits per heavy atom. The summed E-state index contributed by atoms with van der Waals surface area (Å²) in [5.74, 6) is 0.432. The minimum atomic E-state index is -0.710. The summed E-state index contributed by atoms with van der Waals surface area (Å²) in [7, 11) is 1.88. The van der Waals surface area contributed by atoms with E-state index in [2.05, 4.69) is 5.10 Å². The number of halogens is 1. The van der Waals surface area contributed by atoms with Crippen LogP contribution in [-0.4, -0.2) is 62.4 Å². The number of carbonyl (C=O) groups is 2. The molecular formula is C31H32FN5O2. The van der Waals surface area contributed by atoms with Gasteiger partial charge in [-0.3, -0.25) is 24.2 Å². The molecule has 200 valence electrons. The summed E-state index contributed by atoms with van der Waals surface area (Å²) in [4.78, 5) is 34.7. The number of hydrogen-bond acceptors (Lipinski definition) is 4. The Morgan fingerprint density at radius 3 is 2.33 bits per heavy atom. The number of amidine groups is 1. The first kappa shape index (κ1) is 24.2. The number of rotatable bonds is 6. The number of hydrogen-bond donors (Lipinski definition) is 0. The van der Waals surface area contributed by atoms with Crippen molar-refractivity contribution in [3.05, 3.63) is 66.2 Å². The molecule has 3 heterocycles. The molecule has 2 aliphatic heterocycles. The van der Waals surface area contributed by atoms with Gasteiger partial charge in [0.05, 0.1) is 11.8 Å². The van der Waals surface area contributed by atoms with Crippen LogP contribution in [0.4, 0.5) is 4.39 Å². The van der Waals surface area contributed by atoms with E-state index in [4.69, 9.17) is 4.99 Å². The largest absolute Gasteiger partial charge is 0.342 e. The van der Waals surface area contributed by atoms with Gasteiger partial charge in [-0.15, -0.1) is 0 Å². The van der Waals surface area contributed by atoms with Crippen LogP contribution >= 0.6 is 0 Å². The lowest BCUT2D eigenvalue weighted by Gasteiger charge is -2.24. The molecule has 1 unspecified atom stereocenters. The molecule has 0 N–H and O–H groups in total. The van der Waals surface area contributed by atoms with Crippen molar-refractivity contribution in [2.24, 2.45) is 23.4 Å². The Balaban J connectivity index is 1.11. The Hall–Kier alpha value is -3.81. The third-order valence-corrected chi connectivity index (χ3v) is 8.94. The summed E-state index contributed by atoms with van der Waals surface area (Å²) in [6.45, 7) is 3.88. The van der Waals surface area contributed by atoms with E-state index in [0.717, 1.165) is 48.1 Å². The summed E-state index contributed by atoms with van der Waals surface area (Å²) < 4.78 is 17.4. The van der Waals surface area contributed by atoms with Gasteiger partial charge in [-0.2, -0.15) is 5.10 Å². The van der Waals surface area contributed by atoms with Gasteiger partial charge in [0.1, 0.15) is 17.2 Å². The SMILES string of the molecule is Cn1cc(-c2ccc(-c3ccc(C4=NC5(CC5)C(=O)N4CC4CCN(C(=O)C5(C)CC5)C4)c(F)c3)cc2)cn1. The van der Waals surface area contributed by atoms with Crippen LogP contribution in [0.25, 0.3) is 22.3 Å². The Labute approximate surface area is 227 Å². The average Bonchev–Trinajstić information content (AvgIpc) is 3.74. The second-order valence-electron chi connectivity index (χ2n) is 12.0. The van der Waals surface area contributed by atoms with Gasteiger partial charge in [0.15, 0.2) is 0 Å². The van der Waals surface area contributed by atoms with E-state index in [0.29, 0.717) is 37.3 Å². The van der Waals surface area contributed by atoms with E-state index >= 15 is 4.39 Å². The predicted octanol–water partition coefficient (Wildman–Crippen LogP) is 4.66. The lowest BCUT2D eigenvalue weighted by atomic mass is 10.00. The number of aryl methyl sites for hydroxylation is 1. The second-order valence-corrected chi connectivity index (χ2v) is 12.0. The highest BCUT2D eigenvalue weighted by Gasteiger charge is 2.58. The van der Waals surface area contributed by atoms with Crippen LogP contribution in [0, 0.1) is 17.2 Å². The summed E-state index contributed by atoms with van der Waals surface area (Å²) in [5.41, 5.74) is 3.22. The quantitative estimate of drug-likeness (QED) is 0.470. The van der Waals surface area contributed by atoms with Crippen molar-refractivity contribution in [2.45, 2.75) is 44.6 Å². The van der Waals surface area contributed by atoms with Crippen LogP contribution in [0.1, 0.15) is 44.6 Å². The summed E-state index contributed by atoms with van der Waals surface area (Å²) >= 11 is 0. The number of nitrogens with zero attached hydrogens (tertiary/aromatic N) is 5. The molecule has 3 aromatic rings. The summed E-state index contributed by atoms with van der Waals surface area (Å²) in [5, 5.41) is 4.22. The zero-order valence-corrected chi connectivity index (χ0v) is 22.4. The van der Waals surface area contributed by atoms with E-state index in [1.165, 1.54) is 6.07 Å². The molecule has 1 atom stereocenters. The van der Waals surface area contributed by atoms with Gasteiger partial charge in [-0.1, -0.05) is 37.3 Å². The van der Waals surface area contributed by atoms with Crippen molar-refractivity contribution in [3.8, 4) is 22.3 Å². The number of benzene rings is 2. The molecule has 8 heteroatoms. The molecule has 39 heavy (non-hydrogen) atoms. The fourth-order valence-electron chi connectivity index (χ4n) is 5.99. The van der Waals surface area contributed by atoms with E-state index in [1.807, 2.05) is 61.6 Å². The van der Waals surface area contributed by atoms with Gasteiger partial charge in [0.25, 0.3) is 5.91 Å². The lowest BCUT2D eigenvalue weighted by molar-refractivity contribution is -0.135. The van der Waals surface area contributed by atoms with Gasteiger partial charge in [0.2, 0.25) is 5.91 Å². The van der Waals surface area contributed by atoms with E-state index in [9.17, 15) is 9.59 Å². The number of aromatic nitrogens is 2. The molecule has 1 spiro atoms. The normalized spacial score (nSPS) is 22.5. The van der Waals surface area contributed by atoms with Gasteiger partial charge in [-0.05, 0) is 66.8 Å². The highest BCUT2D eigenvalue weighted by Crippen LogP contribution is 2.48. The Kier molecular flexibility index (Phi) is 5.34. The maximum absolute atomic E-state index is 15.6. The fraction of sp³-hybridized carbons (Fsp3) is 0.419. The first-order valence-electron chi connectivity index (χ1n) is 13.9. The highest BCUT2D eigenvalue weighted by atomic mass is 19.1. The number of likely N-dealkylation sites (tertiary alicyclic amines) is 1. The first-order chi connectivity index (χ1) is 18.7. The summed E-state index contributed by atoms with van der Waals surface area (Å²) in [6, 6.07) is 13.2. The second kappa shape index (κ2) is 8.60. The molecular weight excluding hydrogens is 493 g/mol.